The van der Waals surface area contributed by atoms with Gasteiger partial charge in [-0.25, -0.2) is 19.9 Å². The van der Waals surface area contributed by atoms with Crippen LogP contribution in [0.25, 0.3) is 0 Å². The van der Waals surface area contributed by atoms with Crippen LogP contribution in [0.3, 0.4) is 0 Å². The van der Waals surface area contributed by atoms with Crippen molar-refractivity contribution in [2.45, 2.75) is 15.6 Å². The van der Waals surface area contributed by atoms with Crippen LogP contribution in [-0.4, -0.2) is 41.0 Å². The Morgan fingerprint density at radius 1 is 0.787 bits per heavy atom. The average molecular weight is 668 g/mol. The second-order valence-corrected chi connectivity index (χ2v) is 12.3. The number of amides is 4. The number of alkyl carbamates (subject to hydrolysis) is 1. The first-order valence-corrected chi connectivity index (χ1v) is 16.1. The number of thiazole rings is 1. The van der Waals surface area contributed by atoms with Crippen LogP contribution in [0.1, 0.15) is 32.7 Å². The summed E-state index contributed by atoms with van der Waals surface area (Å²) in [5.41, 5.74) is 5.47. The molecule has 11 nitrogen and oxygen atoms in total. The van der Waals surface area contributed by atoms with Gasteiger partial charge in [-0.1, -0.05) is 103 Å². The first-order chi connectivity index (χ1) is 22.9. The maximum Gasteiger partial charge on any atom is 0.415 e. The molecule has 0 spiro atoms. The molecule has 0 fully saturated rings. The molecule has 0 saturated heterocycles. The number of non-ortho nitro benzene ring substituents is 1. The molecule has 0 unspecified atom stereocenters. The van der Waals surface area contributed by atoms with E-state index in [0.29, 0.717) is 5.56 Å². The van der Waals surface area contributed by atoms with E-state index in [-0.39, 0.29) is 31.1 Å². The molecule has 0 bridgehead atoms. The summed E-state index contributed by atoms with van der Waals surface area (Å²) in [5.74, 6) is -0.401. The maximum absolute atomic E-state index is 13.3. The zero-order chi connectivity index (χ0) is 33.1. The highest BCUT2D eigenvalue weighted by Crippen LogP contribution is 2.53. The minimum atomic E-state index is -0.993. The number of nitrogens with zero attached hydrogens (tertiary/aromatic N) is 2. The third-order valence-electron chi connectivity index (χ3n) is 6.97. The summed E-state index contributed by atoms with van der Waals surface area (Å²) < 4.78 is 5.02. The van der Waals surface area contributed by atoms with Gasteiger partial charge in [-0.3, -0.25) is 14.9 Å². The van der Waals surface area contributed by atoms with Gasteiger partial charge in [0.2, 0.25) is 0 Å². The molecule has 1 aromatic heterocycles. The summed E-state index contributed by atoms with van der Waals surface area (Å²) in [7, 11) is 0. The zero-order valence-corrected chi connectivity index (χ0v) is 26.5. The van der Waals surface area contributed by atoms with Gasteiger partial charge in [0, 0.05) is 25.2 Å². The second-order valence-electron chi connectivity index (χ2n) is 10.0. The summed E-state index contributed by atoms with van der Waals surface area (Å²) in [6.07, 6.45) is -0.993. The van der Waals surface area contributed by atoms with E-state index in [4.69, 9.17) is 4.74 Å². The standard InChI is InChI=1S/C34H29N5O6S2/c40-30(35-20-21-36-32(41)38-33(42)45-22-24-16-18-28(19-17-24)39(43)44)29-31(46-23-37-29)47-34(25-10-4-1-5-11-25,26-12-6-2-7-13-26)27-14-8-3-9-15-27/h1-19,23H,20-22H2,(H,35,40)(H2,36,38,41,42). The first-order valence-electron chi connectivity index (χ1n) is 14.4. The van der Waals surface area contributed by atoms with Crippen molar-refractivity contribution in [3.63, 3.8) is 0 Å². The lowest BCUT2D eigenvalue weighted by Crippen LogP contribution is -2.43. The van der Waals surface area contributed by atoms with Crippen LogP contribution < -0.4 is 16.0 Å². The molecular weight excluding hydrogens is 639 g/mol. The van der Waals surface area contributed by atoms with E-state index >= 15 is 0 Å². The number of benzene rings is 4. The summed E-state index contributed by atoms with van der Waals surface area (Å²) >= 11 is 2.92. The first kappa shape index (κ1) is 32.9. The summed E-state index contributed by atoms with van der Waals surface area (Å²) in [5, 5.41) is 18.1. The molecule has 0 atom stereocenters. The molecule has 4 aromatic carbocycles. The number of carbonyl (C=O) groups excluding carboxylic acids is 3. The van der Waals surface area contributed by atoms with E-state index in [1.54, 1.807) is 17.3 Å². The highest BCUT2D eigenvalue weighted by molar-refractivity contribution is 8.02. The lowest BCUT2D eigenvalue weighted by Gasteiger charge is -2.35. The summed E-state index contributed by atoms with van der Waals surface area (Å²) in [6, 6.07) is 35.1. The number of imide groups is 1. The highest BCUT2D eigenvalue weighted by Gasteiger charge is 2.39. The fourth-order valence-electron chi connectivity index (χ4n) is 4.77. The summed E-state index contributed by atoms with van der Waals surface area (Å²) in [4.78, 5) is 52.0. The van der Waals surface area contributed by atoms with Gasteiger partial charge in [0.15, 0.2) is 5.69 Å². The molecule has 47 heavy (non-hydrogen) atoms. The van der Waals surface area contributed by atoms with Gasteiger partial charge in [-0.05, 0) is 34.4 Å². The van der Waals surface area contributed by atoms with Gasteiger partial charge in [-0.15, -0.1) is 11.3 Å². The van der Waals surface area contributed by atoms with Gasteiger partial charge >= 0.3 is 12.1 Å². The van der Waals surface area contributed by atoms with Crippen molar-refractivity contribution in [3.8, 4) is 0 Å². The number of hydrogen-bond donors (Lipinski definition) is 3. The molecule has 1 heterocycles. The molecule has 0 saturated carbocycles. The van der Waals surface area contributed by atoms with E-state index in [1.807, 2.05) is 59.9 Å². The molecular formula is C34H29N5O6S2. The van der Waals surface area contributed by atoms with Gasteiger partial charge in [0.1, 0.15) is 6.61 Å². The third kappa shape index (κ3) is 8.20. The van der Waals surface area contributed by atoms with Crippen molar-refractivity contribution in [2.75, 3.05) is 13.1 Å². The number of hydrogen-bond acceptors (Lipinski definition) is 9. The highest BCUT2D eigenvalue weighted by atomic mass is 32.2. The number of nitro benzene ring substituents is 1. The molecule has 13 heteroatoms. The van der Waals surface area contributed by atoms with E-state index < -0.39 is 27.7 Å². The normalized spacial score (nSPS) is 10.9. The molecule has 238 valence electrons. The molecule has 0 radical (unpaired) electrons. The Bertz CT molecular complexity index is 1720. The van der Waals surface area contributed by atoms with Crippen LogP contribution in [0.2, 0.25) is 0 Å². The maximum atomic E-state index is 13.3. The molecule has 4 amide bonds. The smallest absolute Gasteiger partial charge is 0.415 e. The lowest BCUT2D eigenvalue weighted by atomic mass is 9.84. The van der Waals surface area contributed by atoms with Crippen molar-refractivity contribution in [2.24, 2.45) is 0 Å². The van der Waals surface area contributed by atoms with Crippen LogP contribution in [0.5, 0.6) is 0 Å². The molecule has 3 N–H and O–H groups in total. The predicted molar refractivity (Wildman–Crippen MR) is 179 cm³/mol. The SMILES string of the molecule is O=C(NCCNC(=O)c1ncsc1SC(c1ccccc1)(c1ccccc1)c1ccccc1)NC(=O)OCc1ccc([N+](=O)[O-])cc1. The van der Waals surface area contributed by atoms with Crippen molar-refractivity contribution in [3.05, 3.63) is 159 Å². The van der Waals surface area contributed by atoms with Crippen molar-refractivity contribution in [1.82, 2.24) is 20.9 Å². The third-order valence-corrected chi connectivity index (χ3v) is 9.51. The molecule has 0 aliphatic rings. The molecule has 5 aromatic rings. The van der Waals surface area contributed by atoms with Gasteiger partial charge in [-0.2, -0.15) is 0 Å². The second kappa shape index (κ2) is 15.7. The quantitative estimate of drug-likeness (QED) is 0.0448. The van der Waals surface area contributed by atoms with Crippen LogP contribution >= 0.6 is 23.1 Å². The number of thioether (sulfide) groups is 1. The molecule has 0 aliphatic heterocycles. The minimum Gasteiger partial charge on any atom is -0.444 e. The predicted octanol–water partition coefficient (Wildman–Crippen LogP) is 6.50. The largest absolute Gasteiger partial charge is 0.444 e. The minimum absolute atomic E-state index is 0.0296. The Labute approximate surface area is 278 Å². The number of rotatable bonds is 12. The summed E-state index contributed by atoms with van der Waals surface area (Å²) in [6.45, 7) is -0.0734. The van der Waals surface area contributed by atoms with Crippen LogP contribution in [0.15, 0.2) is 125 Å². The number of nitrogens with one attached hydrogen (secondary N) is 3. The molecule has 0 aliphatic carbocycles. The number of nitro groups is 1. The van der Waals surface area contributed by atoms with Crippen LogP contribution in [0, 0.1) is 10.1 Å². The Balaban J connectivity index is 1.20. The fraction of sp³-hybridized carbons (Fsp3) is 0.118. The van der Waals surface area contributed by atoms with Crippen LogP contribution in [-0.2, 0) is 16.1 Å². The Hall–Kier alpha value is -5.53. The van der Waals surface area contributed by atoms with Crippen molar-refractivity contribution >= 4 is 46.8 Å². The fourth-order valence-corrected chi connectivity index (χ4v) is 7.25. The van der Waals surface area contributed by atoms with Gasteiger partial charge < -0.3 is 15.4 Å². The molecule has 5 rings (SSSR count). The van der Waals surface area contributed by atoms with E-state index in [0.717, 1.165) is 20.9 Å². The topological polar surface area (TPSA) is 153 Å². The van der Waals surface area contributed by atoms with E-state index in [1.165, 1.54) is 35.6 Å². The number of aromatic nitrogens is 1. The van der Waals surface area contributed by atoms with Crippen molar-refractivity contribution < 1.29 is 24.0 Å². The van der Waals surface area contributed by atoms with Gasteiger partial charge in [0.05, 0.1) is 19.4 Å². The lowest BCUT2D eigenvalue weighted by molar-refractivity contribution is -0.384. The Kier molecular flexibility index (Phi) is 10.9. The number of urea groups is 1. The Morgan fingerprint density at radius 2 is 1.32 bits per heavy atom. The number of carbonyl (C=O) groups is 3. The Morgan fingerprint density at radius 3 is 1.85 bits per heavy atom. The van der Waals surface area contributed by atoms with E-state index in [9.17, 15) is 24.5 Å². The zero-order valence-electron chi connectivity index (χ0n) is 24.8. The van der Waals surface area contributed by atoms with Gasteiger partial charge in [0.25, 0.3) is 11.6 Å². The van der Waals surface area contributed by atoms with Crippen molar-refractivity contribution in [1.29, 1.82) is 0 Å². The average Bonchev–Trinajstić information content (AvgIpc) is 3.57. The van der Waals surface area contributed by atoms with Crippen LogP contribution in [0.4, 0.5) is 15.3 Å². The monoisotopic (exact) mass is 667 g/mol. The number of ether oxygens (including phenoxy) is 1. The van der Waals surface area contributed by atoms with E-state index in [2.05, 4.69) is 52.0 Å².